The van der Waals surface area contributed by atoms with Crippen LogP contribution in [0.4, 0.5) is 5.69 Å². The zero-order chi connectivity index (χ0) is 17.0. The number of rotatable bonds is 6. The Kier molecular flexibility index (Phi) is 5.64. The van der Waals surface area contributed by atoms with Gasteiger partial charge in [-0.3, -0.25) is 4.79 Å². The number of amides is 1. The van der Waals surface area contributed by atoms with Crippen molar-refractivity contribution in [1.82, 2.24) is 4.90 Å². The van der Waals surface area contributed by atoms with Gasteiger partial charge in [0, 0.05) is 22.8 Å². The third kappa shape index (κ3) is 4.47. The van der Waals surface area contributed by atoms with Gasteiger partial charge in [0.1, 0.15) is 0 Å². The Balaban J connectivity index is 2.34. The quantitative estimate of drug-likeness (QED) is 0.849. The highest BCUT2D eigenvalue weighted by molar-refractivity contribution is 6.31. The zero-order valence-electron chi connectivity index (χ0n) is 13.6. The number of anilines is 1. The first-order valence-electron chi connectivity index (χ1n) is 7.47. The number of hydrogen-bond donors (Lipinski definition) is 2. The molecule has 0 fully saturated rings. The molecular formula is C18H22ClN3O. The van der Waals surface area contributed by atoms with Crippen LogP contribution in [0, 0.1) is 0 Å². The van der Waals surface area contributed by atoms with E-state index in [1.165, 1.54) is 0 Å². The van der Waals surface area contributed by atoms with Gasteiger partial charge in [0.2, 0.25) is 5.91 Å². The van der Waals surface area contributed by atoms with E-state index in [0.717, 1.165) is 23.4 Å². The summed E-state index contributed by atoms with van der Waals surface area (Å²) in [5, 5.41) is 4.16. The lowest BCUT2D eigenvalue weighted by Crippen LogP contribution is -2.17. The third-order valence-electron chi connectivity index (χ3n) is 3.62. The number of carbonyl (C=O) groups excluding carboxylic acids is 1. The van der Waals surface area contributed by atoms with Gasteiger partial charge in [0.15, 0.2) is 0 Å². The molecule has 2 aromatic carbocycles. The van der Waals surface area contributed by atoms with Crippen LogP contribution in [-0.4, -0.2) is 24.9 Å². The molecule has 1 amide bonds. The van der Waals surface area contributed by atoms with E-state index in [1.807, 2.05) is 51.4 Å². The van der Waals surface area contributed by atoms with Crippen molar-refractivity contribution >= 4 is 23.2 Å². The fraction of sp³-hybridized carbons (Fsp3) is 0.278. The maximum atomic E-state index is 11.5. The van der Waals surface area contributed by atoms with E-state index in [0.29, 0.717) is 10.6 Å². The van der Waals surface area contributed by atoms with E-state index in [1.54, 1.807) is 12.1 Å². The van der Waals surface area contributed by atoms with Gasteiger partial charge in [-0.05, 0) is 50.3 Å². The summed E-state index contributed by atoms with van der Waals surface area (Å²) in [6.45, 7) is 2.80. The van der Waals surface area contributed by atoms with Crippen molar-refractivity contribution in [1.29, 1.82) is 0 Å². The van der Waals surface area contributed by atoms with Crippen LogP contribution >= 0.6 is 11.6 Å². The van der Waals surface area contributed by atoms with Crippen LogP contribution in [0.5, 0.6) is 0 Å². The van der Waals surface area contributed by atoms with Gasteiger partial charge in [0.05, 0.1) is 6.04 Å². The topological polar surface area (TPSA) is 58.4 Å². The number of nitrogens with one attached hydrogen (secondary N) is 1. The van der Waals surface area contributed by atoms with Crippen LogP contribution in [0.25, 0.3) is 0 Å². The molecule has 23 heavy (non-hydrogen) atoms. The van der Waals surface area contributed by atoms with Crippen LogP contribution < -0.4 is 11.1 Å². The molecule has 0 radical (unpaired) electrons. The molecule has 0 saturated heterocycles. The van der Waals surface area contributed by atoms with Crippen molar-refractivity contribution in [2.24, 2.45) is 5.73 Å². The van der Waals surface area contributed by atoms with Gasteiger partial charge in [-0.1, -0.05) is 35.9 Å². The van der Waals surface area contributed by atoms with Crippen LogP contribution in [-0.2, 0) is 6.54 Å². The summed E-state index contributed by atoms with van der Waals surface area (Å²) in [4.78, 5) is 13.5. The summed E-state index contributed by atoms with van der Waals surface area (Å²) >= 11 is 6.27. The number of nitrogens with zero attached hydrogens (tertiary/aromatic N) is 1. The smallest absolute Gasteiger partial charge is 0.248 e. The van der Waals surface area contributed by atoms with E-state index < -0.39 is 5.91 Å². The second-order valence-corrected chi connectivity index (χ2v) is 6.27. The molecule has 0 aromatic heterocycles. The number of halogens is 1. The third-order valence-corrected chi connectivity index (χ3v) is 3.97. The molecule has 0 aliphatic heterocycles. The van der Waals surface area contributed by atoms with Gasteiger partial charge < -0.3 is 16.0 Å². The minimum atomic E-state index is -0.435. The molecule has 3 N–H and O–H groups in total. The number of hydrogen-bond acceptors (Lipinski definition) is 3. The second kappa shape index (κ2) is 7.49. The molecule has 1 atom stereocenters. The van der Waals surface area contributed by atoms with Gasteiger partial charge in [-0.25, -0.2) is 0 Å². The maximum Gasteiger partial charge on any atom is 0.248 e. The van der Waals surface area contributed by atoms with E-state index in [4.69, 9.17) is 17.3 Å². The summed E-state index contributed by atoms with van der Waals surface area (Å²) in [6, 6.07) is 13.2. The Morgan fingerprint density at radius 3 is 2.57 bits per heavy atom. The Labute approximate surface area is 142 Å². The molecule has 0 spiro atoms. The lowest BCUT2D eigenvalue weighted by atomic mass is 10.0. The summed E-state index contributed by atoms with van der Waals surface area (Å²) < 4.78 is 0. The summed E-state index contributed by atoms with van der Waals surface area (Å²) in [6.07, 6.45) is 0. The normalized spacial score (nSPS) is 12.2. The molecule has 5 heteroatoms. The average molecular weight is 332 g/mol. The molecule has 1 unspecified atom stereocenters. The van der Waals surface area contributed by atoms with Crippen LogP contribution in [0.2, 0.25) is 5.02 Å². The Hall–Kier alpha value is -2.04. The van der Waals surface area contributed by atoms with Crippen molar-refractivity contribution < 1.29 is 4.79 Å². The highest BCUT2D eigenvalue weighted by Crippen LogP contribution is 2.28. The van der Waals surface area contributed by atoms with E-state index >= 15 is 0 Å². The lowest BCUT2D eigenvalue weighted by Gasteiger charge is -2.21. The second-order valence-electron chi connectivity index (χ2n) is 5.86. The number of carbonyl (C=O) groups is 1. The van der Waals surface area contributed by atoms with Crippen LogP contribution in [0.15, 0.2) is 42.5 Å². The fourth-order valence-corrected chi connectivity index (χ4v) is 2.78. The van der Waals surface area contributed by atoms with Gasteiger partial charge in [-0.15, -0.1) is 0 Å². The molecule has 4 nitrogen and oxygen atoms in total. The number of primary amides is 1. The Morgan fingerprint density at radius 2 is 1.96 bits per heavy atom. The predicted octanol–water partition coefficient (Wildman–Crippen LogP) is 3.67. The summed E-state index contributed by atoms with van der Waals surface area (Å²) in [7, 11) is 4.01. The summed E-state index contributed by atoms with van der Waals surface area (Å²) in [5.41, 5.74) is 8.89. The first-order chi connectivity index (χ1) is 10.9. The lowest BCUT2D eigenvalue weighted by molar-refractivity contribution is 0.100. The predicted molar refractivity (Wildman–Crippen MR) is 95.8 cm³/mol. The molecule has 2 rings (SSSR count). The maximum absolute atomic E-state index is 11.5. The molecule has 0 aliphatic rings. The van der Waals surface area contributed by atoms with Crippen LogP contribution in [0.1, 0.15) is 34.5 Å². The van der Waals surface area contributed by atoms with Crippen molar-refractivity contribution in [3.8, 4) is 0 Å². The first kappa shape index (κ1) is 17.3. The van der Waals surface area contributed by atoms with Crippen molar-refractivity contribution in [2.45, 2.75) is 19.5 Å². The average Bonchev–Trinajstić information content (AvgIpc) is 2.48. The van der Waals surface area contributed by atoms with E-state index in [9.17, 15) is 4.79 Å². The van der Waals surface area contributed by atoms with E-state index in [2.05, 4.69) is 10.2 Å². The van der Waals surface area contributed by atoms with Gasteiger partial charge in [0.25, 0.3) is 0 Å². The molecule has 122 valence electrons. The monoisotopic (exact) mass is 331 g/mol. The molecule has 2 aromatic rings. The summed E-state index contributed by atoms with van der Waals surface area (Å²) in [5.74, 6) is -0.435. The minimum Gasteiger partial charge on any atom is -0.378 e. The molecule has 0 bridgehead atoms. The van der Waals surface area contributed by atoms with Crippen LogP contribution in [0.3, 0.4) is 0 Å². The SMILES string of the molecule is CC(Nc1cc(C(N)=O)ccc1CN(C)C)c1ccccc1Cl. The fourth-order valence-electron chi connectivity index (χ4n) is 2.48. The largest absolute Gasteiger partial charge is 0.378 e. The van der Waals surface area contributed by atoms with Crippen molar-refractivity contribution in [3.05, 3.63) is 64.2 Å². The molecule has 0 aliphatic carbocycles. The van der Waals surface area contributed by atoms with E-state index in [-0.39, 0.29) is 6.04 Å². The van der Waals surface area contributed by atoms with Gasteiger partial charge in [-0.2, -0.15) is 0 Å². The van der Waals surface area contributed by atoms with Gasteiger partial charge >= 0.3 is 0 Å². The minimum absolute atomic E-state index is 0.00717. The highest BCUT2D eigenvalue weighted by Gasteiger charge is 2.13. The van der Waals surface area contributed by atoms with Crippen molar-refractivity contribution in [3.63, 3.8) is 0 Å². The Morgan fingerprint density at radius 1 is 1.26 bits per heavy atom. The first-order valence-corrected chi connectivity index (χ1v) is 7.84. The molecular weight excluding hydrogens is 310 g/mol. The zero-order valence-corrected chi connectivity index (χ0v) is 14.4. The Bertz CT molecular complexity index is 700. The number of nitrogens with two attached hydrogens (primary N) is 1. The van der Waals surface area contributed by atoms with Crippen molar-refractivity contribution in [2.75, 3.05) is 19.4 Å². The standard InChI is InChI=1S/C18H22ClN3O/c1-12(15-6-4-5-7-16(15)19)21-17-10-13(18(20)23)8-9-14(17)11-22(2)3/h4-10,12,21H,11H2,1-3H3,(H2,20,23). The highest BCUT2D eigenvalue weighted by atomic mass is 35.5. The molecule has 0 heterocycles. The number of benzene rings is 2. The molecule has 0 saturated carbocycles.